The number of nitrogens with one attached hydrogen (secondary N) is 1. The van der Waals surface area contributed by atoms with E-state index in [2.05, 4.69) is 5.32 Å². The van der Waals surface area contributed by atoms with E-state index in [0.717, 1.165) is 24.0 Å². The summed E-state index contributed by atoms with van der Waals surface area (Å²) < 4.78 is 5.85. The van der Waals surface area contributed by atoms with E-state index < -0.39 is 5.97 Å². The second kappa shape index (κ2) is 7.67. The number of nitriles is 1. The summed E-state index contributed by atoms with van der Waals surface area (Å²) in [4.78, 5) is 11.6. The van der Waals surface area contributed by atoms with Gasteiger partial charge >= 0.3 is 5.97 Å². The maximum atomic E-state index is 11.6. The number of halogens is 2. The van der Waals surface area contributed by atoms with Crippen molar-refractivity contribution in [3.05, 3.63) is 80.8 Å². The fourth-order valence-electron chi connectivity index (χ4n) is 3.21. The fourth-order valence-corrected chi connectivity index (χ4v) is 3.54. The summed E-state index contributed by atoms with van der Waals surface area (Å²) in [5, 5.41) is 22.8. The van der Waals surface area contributed by atoms with Crippen molar-refractivity contribution in [2.75, 3.05) is 5.32 Å². The molecular formula is C22H14Cl2N2O3. The zero-order valence-corrected chi connectivity index (χ0v) is 16.5. The number of carbonyl (C=O) groups is 1. The predicted molar refractivity (Wildman–Crippen MR) is 112 cm³/mol. The Balaban J connectivity index is 1.59. The van der Waals surface area contributed by atoms with E-state index in [1.807, 2.05) is 36.4 Å². The van der Waals surface area contributed by atoms with Crippen LogP contribution in [0, 0.1) is 11.3 Å². The van der Waals surface area contributed by atoms with Crippen LogP contribution in [0.15, 0.2) is 48.5 Å². The Kier molecular flexibility index (Phi) is 5.06. The number of nitrogens with zero attached hydrogens (tertiary/aromatic N) is 1. The first kappa shape index (κ1) is 19.1. The lowest BCUT2D eigenvalue weighted by Gasteiger charge is -2.24. The molecule has 1 aliphatic heterocycles. The van der Waals surface area contributed by atoms with Crippen LogP contribution in [-0.4, -0.2) is 11.1 Å². The lowest BCUT2D eigenvalue weighted by molar-refractivity contribution is 0.0697. The molecule has 0 amide bonds. The largest absolute Gasteiger partial charge is 0.478 e. The second-order valence-corrected chi connectivity index (χ2v) is 7.43. The van der Waals surface area contributed by atoms with Gasteiger partial charge in [0.05, 0.1) is 38.6 Å². The molecule has 3 aromatic carbocycles. The minimum Gasteiger partial charge on any atom is -0.478 e. The van der Waals surface area contributed by atoms with E-state index in [1.54, 1.807) is 6.07 Å². The third kappa shape index (κ3) is 3.86. The number of aromatic carboxylic acids is 1. The van der Waals surface area contributed by atoms with Crippen molar-refractivity contribution in [2.45, 2.75) is 12.8 Å². The SMILES string of the molecule is N#Cc1cc2c(c(C(=O)O)c1)Nc1cc(CCc3ccc(Cl)c(Cl)c3)ccc1O2. The summed E-state index contributed by atoms with van der Waals surface area (Å²) in [7, 11) is 0. The van der Waals surface area contributed by atoms with E-state index in [-0.39, 0.29) is 11.1 Å². The summed E-state index contributed by atoms with van der Waals surface area (Å²) in [6.07, 6.45) is 1.54. The molecule has 0 aliphatic carbocycles. The number of hydrogen-bond acceptors (Lipinski definition) is 4. The summed E-state index contributed by atoms with van der Waals surface area (Å²) in [6, 6.07) is 16.1. The summed E-state index contributed by atoms with van der Waals surface area (Å²) in [5.41, 5.74) is 3.36. The molecule has 3 aromatic rings. The maximum Gasteiger partial charge on any atom is 0.338 e. The van der Waals surface area contributed by atoms with E-state index in [0.29, 0.717) is 32.9 Å². The molecule has 4 rings (SSSR count). The minimum absolute atomic E-state index is 0.00842. The van der Waals surface area contributed by atoms with Crippen molar-refractivity contribution >= 4 is 40.5 Å². The van der Waals surface area contributed by atoms with E-state index in [9.17, 15) is 9.90 Å². The number of aryl methyl sites for hydroxylation is 2. The van der Waals surface area contributed by atoms with Crippen molar-refractivity contribution in [1.82, 2.24) is 0 Å². The number of carboxylic acid groups (broad SMARTS) is 1. The summed E-state index contributed by atoms with van der Waals surface area (Å²) >= 11 is 12.0. The molecule has 0 fully saturated rings. The van der Waals surface area contributed by atoms with E-state index in [1.165, 1.54) is 12.1 Å². The zero-order chi connectivity index (χ0) is 20.5. The molecule has 0 saturated heterocycles. The topological polar surface area (TPSA) is 82.4 Å². The number of anilines is 2. The lowest BCUT2D eigenvalue weighted by Crippen LogP contribution is -2.10. The number of benzene rings is 3. The Morgan fingerprint density at radius 1 is 1.00 bits per heavy atom. The van der Waals surface area contributed by atoms with Crippen molar-refractivity contribution in [2.24, 2.45) is 0 Å². The van der Waals surface area contributed by atoms with Crippen LogP contribution in [0.1, 0.15) is 27.0 Å². The highest BCUT2D eigenvalue weighted by Crippen LogP contribution is 2.44. The molecular weight excluding hydrogens is 411 g/mol. The van der Waals surface area contributed by atoms with Crippen LogP contribution in [0.25, 0.3) is 0 Å². The zero-order valence-electron chi connectivity index (χ0n) is 15.0. The molecule has 0 radical (unpaired) electrons. The summed E-state index contributed by atoms with van der Waals surface area (Å²) in [5.74, 6) is -0.242. The van der Waals surface area contributed by atoms with Gasteiger partial charge in [0.25, 0.3) is 0 Å². The Hall–Kier alpha value is -3.20. The van der Waals surface area contributed by atoms with Crippen molar-refractivity contribution in [3.8, 4) is 17.6 Å². The van der Waals surface area contributed by atoms with Gasteiger partial charge in [-0.1, -0.05) is 35.3 Å². The monoisotopic (exact) mass is 424 g/mol. The van der Waals surface area contributed by atoms with Gasteiger partial charge in [0.15, 0.2) is 11.5 Å². The van der Waals surface area contributed by atoms with E-state index >= 15 is 0 Å². The van der Waals surface area contributed by atoms with Gasteiger partial charge in [0, 0.05) is 6.07 Å². The molecule has 1 aliphatic rings. The predicted octanol–water partition coefficient (Wildman–Crippen LogP) is 6.20. The van der Waals surface area contributed by atoms with Crippen LogP contribution in [0.4, 0.5) is 11.4 Å². The molecule has 29 heavy (non-hydrogen) atoms. The van der Waals surface area contributed by atoms with Gasteiger partial charge in [0.2, 0.25) is 0 Å². The van der Waals surface area contributed by atoms with Crippen molar-refractivity contribution in [1.29, 1.82) is 5.26 Å². The molecule has 0 spiro atoms. The Bertz CT molecular complexity index is 1190. The average Bonchev–Trinajstić information content (AvgIpc) is 2.72. The van der Waals surface area contributed by atoms with Gasteiger partial charge in [-0.15, -0.1) is 0 Å². The van der Waals surface area contributed by atoms with Gasteiger partial charge in [-0.3, -0.25) is 0 Å². The first-order chi connectivity index (χ1) is 13.9. The fraction of sp³-hybridized carbons (Fsp3) is 0.0909. The highest BCUT2D eigenvalue weighted by molar-refractivity contribution is 6.42. The van der Waals surface area contributed by atoms with Gasteiger partial charge in [-0.05, 0) is 54.3 Å². The molecule has 0 saturated carbocycles. The molecule has 5 nitrogen and oxygen atoms in total. The smallest absolute Gasteiger partial charge is 0.338 e. The molecule has 144 valence electrons. The molecule has 0 bridgehead atoms. The molecule has 7 heteroatoms. The third-order valence-electron chi connectivity index (χ3n) is 4.67. The van der Waals surface area contributed by atoms with Crippen LogP contribution in [-0.2, 0) is 12.8 Å². The van der Waals surface area contributed by atoms with Crippen LogP contribution in [0.2, 0.25) is 10.0 Å². The maximum absolute atomic E-state index is 11.6. The number of carboxylic acids is 1. The molecule has 1 heterocycles. The second-order valence-electron chi connectivity index (χ2n) is 6.62. The van der Waals surface area contributed by atoms with Crippen LogP contribution < -0.4 is 10.1 Å². The Morgan fingerprint density at radius 3 is 2.41 bits per heavy atom. The van der Waals surface area contributed by atoms with Gasteiger partial charge in [-0.25, -0.2) is 4.79 Å². The number of ether oxygens (including phenoxy) is 1. The normalized spacial score (nSPS) is 11.5. The van der Waals surface area contributed by atoms with E-state index in [4.69, 9.17) is 33.2 Å². The molecule has 0 aromatic heterocycles. The quantitative estimate of drug-likeness (QED) is 0.407. The van der Waals surface area contributed by atoms with Crippen molar-refractivity contribution < 1.29 is 14.6 Å². The van der Waals surface area contributed by atoms with Crippen LogP contribution in [0.5, 0.6) is 11.5 Å². The first-order valence-corrected chi connectivity index (χ1v) is 9.53. The Morgan fingerprint density at radius 2 is 1.72 bits per heavy atom. The summed E-state index contributed by atoms with van der Waals surface area (Å²) in [6.45, 7) is 0. The first-order valence-electron chi connectivity index (χ1n) is 8.78. The van der Waals surface area contributed by atoms with Gasteiger partial charge in [-0.2, -0.15) is 5.26 Å². The highest BCUT2D eigenvalue weighted by Gasteiger charge is 2.24. The number of fused-ring (bicyclic) bond motifs is 2. The van der Waals surface area contributed by atoms with Crippen molar-refractivity contribution in [3.63, 3.8) is 0 Å². The number of rotatable bonds is 4. The standard InChI is InChI=1S/C22H14Cl2N2O3/c23-16-5-3-12(8-17(16)24)1-2-13-4-6-19-18(9-13)26-21-15(22(27)28)7-14(11-25)10-20(21)29-19/h3-10,26H,1-2H2,(H,27,28). The molecule has 0 unspecified atom stereocenters. The average molecular weight is 425 g/mol. The van der Waals surface area contributed by atoms with Gasteiger partial charge in [0.1, 0.15) is 0 Å². The van der Waals surface area contributed by atoms with Crippen LogP contribution >= 0.6 is 23.2 Å². The third-order valence-corrected chi connectivity index (χ3v) is 5.41. The Labute approximate surface area is 177 Å². The minimum atomic E-state index is -1.13. The number of hydrogen-bond donors (Lipinski definition) is 2. The van der Waals surface area contributed by atoms with Gasteiger partial charge < -0.3 is 15.2 Å². The molecule has 0 atom stereocenters. The van der Waals surface area contributed by atoms with Crippen LogP contribution in [0.3, 0.4) is 0 Å². The molecule has 2 N–H and O–H groups in total. The lowest BCUT2D eigenvalue weighted by atomic mass is 10.0. The highest BCUT2D eigenvalue weighted by atomic mass is 35.5.